The molecule has 0 saturated carbocycles. The zero-order valence-corrected chi connectivity index (χ0v) is 22.0. The van der Waals surface area contributed by atoms with Gasteiger partial charge in [0.25, 0.3) is 5.56 Å². The van der Waals surface area contributed by atoms with Crippen LogP contribution >= 0.6 is 11.6 Å². The van der Waals surface area contributed by atoms with Crippen LogP contribution in [-0.4, -0.2) is 29.6 Å². The van der Waals surface area contributed by atoms with Crippen LogP contribution in [0.2, 0.25) is 5.02 Å². The first kappa shape index (κ1) is 24.9. The fourth-order valence-electron chi connectivity index (χ4n) is 4.12. The Morgan fingerprint density at radius 2 is 2.00 bits per heavy atom. The molecule has 1 aliphatic heterocycles. The van der Waals surface area contributed by atoms with Crippen LogP contribution in [-0.2, 0) is 18.6 Å². The van der Waals surface area contributed by atoms with Crippen molar-refractivity contribution in [2.75, 3.05) is 0 Å². The lowest BCUT2D eigenvalue weighted by Gasteiger charge is -2.19. The minimum atomic E-state index is -2.96. The zero-order chi connectivity index (χ0) is 30.4. The van der Waals surface area contributed by atoms with E-state index in [1.165, 1.54) is 44.4 Å². The van der Waals surface area contributed by atoms with E-state index in [9.17, 15) is 18.7 Å². The monoisotopic (exact) mass is 571 g/mol. The highest BCUT2D eigenvalue weighted by Crippen LogP contribution is 2.32. The van der Waals surface area contributed by atoms with E-state index >= 15 is 4.39 Å². The number of hydrogen-bond acceptors (Lipinski definition) is 7. The average molecular weight is 572 g/mol. The van der Waals surface area contributed by atoms with Crippen LogP contribution in [0, 0.1) is 17.5 Å². The Labute approximate surface area is 234 Å². The van der Waals surface area contributed by atoms with Gasteiger partial charge < -0.3 is 9.84 Å². The third kappa shape index (κ3) is 5.34. The molecule has 0 saturated heterocycles. The largest absolute Gasteiger partial charge is 0.485 e. The highest BCUT2D eigenvalue weighted by Gasteiger charge is 2.26. The maximum atomic E-state index is 16.4. The van der Waals surface area contributed by atoms with Gasteiger partial charge in [0, 0.05) is 24.5 Å². The standard InChI is InChI=1S/C28H23ClF3N5O3/c1-28(2,39)27-33-9-8-19(36-27)24-23(32)25-15(12-35-24)6-4-3-5-7-17-11-21(22(29)26(38)37(17)25)40-14-20-18(31)10-16(30)13-34-20/h5,7-13,39H,3-4,6,14H2,1-2H3/b7-5+/i14D2. The van der Waals surface area contributed by atoms with Crippen molar-refractivity contribution in [3.63, 3.8) is 0 Å². The van der Waals surface area contributed by atoms with Crippen LogP contribution in [0.1, 0.15) is 52.2 Å². The van der Waals surface area contributed by atoms with Gasteiger partial charge in [0.1, 0.15) is 40.1 Å². The smallest absolute Gasteiger partial charge is 0.278 e. The van der Waals surface area contributed by atoms with E-state index in [-0.39, 0.29) is 28.6 Å². The van der Waals surface area contributed by atoms with Crippen molar-refractivity contribution >= 4 is 17.7 Å². The summed E-state index contributed by atoms with van der Waals surface area (Å²) in [5.74, 6) is -3.63. The Kier molecular flexibility index (Phi) is 6.74. The minimum absolute atomic E-state index is 0.0384. The number of ether oxygens (including phenoxy) is 1. The Morgan fingerprint density at radius 1 is 1.20 bits per heavy atom. The SMILES string of the molecule is [2H]C([2H])(Oc1cc2n(c(=O)c1Cl)-c1c(cnc(-c3ccnc(C(C)(C)O)n3)c1F)CCC/C=C/2)c1ncc(F)cc1F. The van der Waals surface area contributed by atoms with Gasteiger partial charge in [-0.3, -0.25) is 19.3 Å². The van der Waals surface area contributed by atoms with Gasteiger partial charge in [-0.05, 0) is 50.8 Å². The second-order valence-electron chi connectivity index (χ2n) is 9.49. The van der Waals surface area contributed by atoms with Gasteiger partial charge in [-0.1, -0.05) is 17.7 Å². The highest BCUT2D eigenvalue weighted by molar-refractivity contribution is 6.31. The van der Waals surface area contributed by atoms with E-state index in [0.29, 0.717) is 37.1 Å². The van der Waals surface area contributed by atoms with Crippen molar-refractivity contribution in [3.8, 4) is 22.8 Å². The number of halogens is 4. The van der Waals surface area contributed by atoms with E-state index in [1.54, 1.807) is 6.08 Å². The van der Waals surface area contributed by atoms with Crippen molar-refractivity contribution in [2.45, 2.75) is 45.3 Å². The number of rotatable bonds is 5. The van der Waals surface area contributed by atoms with Crippen molar-refractivity contribution in [1.82, 2.24) is 24.5 Å². The molecule has 12 heteroatoms. The molecule has 0 spiro atoms. The van der Waals surface area contributed by atoms with Crippen molar-refractivity contribution in [3.05, 3.63) is 98.5 Å². The second-order valence-corrected chi connectivity index (χ2v) is 9.87. The molecule has 0 unspecified atom stereocenters. The molecule has 0 aliphatic carbocycles. The molecule has 5 heterocycles. The number of nitrogens with zero attached hydrogens (tertiary/aromatic N) is 5. The maximum absolute atomic E-state index is 16.4. The summed E-state index contributed by atoms with van der Waals surface area (Å²) in [5.41, 5.74) is -3.01. The number of allylic oxidation sites excluding steroid dienone is 1. The summed E-state index contributed by atoms with van der Waals surface area (Å²) >= 11 is 6.36. The molecule has 0 bridgehead atoms. The average Bonchev–Trinajstić information content (AvgIpc) is 3.00. The van der Waals surface area contributed by atoms with E-state index in [4.69, 9.17) is 19.1 Å². The number of hydrogen-bond donors (Lipinski definition) is 1. The quantitative estimate of drug-likeness (QED) is 0.346. The second kappa shape index (κ2) is 10.8. The Hall–Kier alpha value is -4.09. The van der Waals surface area contributed by atoms with Crippen LogP contribution < -0.4 is 10.3 Å². The maximum Gasteiger partial charge on any atom is 0.278 e. The van der Waals surface area contributed by atoms with Crippen LogP contribution in [0.25, 0.3) is 23.2 Å². The molecule has 0 aromatic carbocycles. The minimum Gasteiger partial charge on any atom is -0.485 e. The molecule has 40 heavy (non-hydrogen) atoms. The molecule has 0 atom stereocenters. The summed E-state index contributed by atoms with van der Waals surface area (Å²) in [4.78, 5) is 29.7. The van der Waals surface area contributed by atoms with Gasteiger partial charge in [0.2, 0.25) is 0 Å². The normalized spacial score (nSPS) is 15.1. The Balaban J connectivity index is 1.69. The van der Waals surface area contributed by atoms with Crippen LogP contribution in [0.3, 0.4) is 0 Å². The topological polar surface area (TPSA) is 103 Å². The Bertz CT molecular complexity index is 1790. The molecule has 0 fully saturated rings. The van der Waals surface area contributed by atoms with Crippen LogP contribution in [0.4, 0.5) is 13.2 Å². The van der Waals surface area contributed by atoms with E-state index in [0.717, 1.165) is 4.57 Å². The first-order valence-corrected chi connectivity index (χ1v) is 12.5. The van der Waals surface area contributed by atoms with E-state index < -0.39 is 51.6 Å². The van der Waals surface area contributed by atoms with Crippen molar-refractivity contribution < 1.29 is 25.8 Å². The first-order valence-electron chi connectivity index (χ1n) is 13.1. The van der Waals surface area contributed by atoms with Crippen molar-refractivity contribution in [1.29, 1.82) is 0 Å². The predicted octanol–water partition coefficient (Wildman–Crippen LogP) is 5.31. The lowest BCUT2D eigenvalue weighted by atomic mass is 10.1. The third-order valence-electron chi connectivity index (χ3n) is 6.05. The zero-order valence-electron chi connectivity index (χ0n) is 23.3. The fourth-order valence-corrected chi connectivity index (χ4v) is 4.30. The van der Waals surface area contributed by atoms with Gasteiger partial charge in [-0.2, -0.15) is 0 Å². The summed E-state index contributed by atoms with van der Waals surface area (Å²) in [6, 6.07) is 3.08. The summed E-state index contributed by atoms with van der Waals surface area (Å²) < 4.78 is 66.8. The summed E-state index contributed by atoms with van der Waals surface area (Å²) in [5, 5.41) is 9.72. The van der Waals surface area contributed by atoms with Crippen LogP contribution in [0.5, 0.6) is 5.75 Å². The highest BCUT2D eigenvalue weighted by atomic mass is 35.5. The number of aromatic nitrogens is 5. The number of aryl methyl sites for hydroxylation is 1. The molecule has 0 amide bonds. The van der Waals surface area contributed by atoms with E-state index in [1.807, 2.05) is 0 Å². The van der Waals surface area contributed by atoms with Gasteiger partial charge in [0.15, 0.2) is 17.5 Å². The third-order valence-corrected chi connectivity index (χ3v) is 6.40. The first-order chi connectivity index (χ1) is 19.8. The molecule has 1 aliphatic rings. The predicted molar refractivity (Wildman–Crippen MR) is 142 cm³/mol. The number of aliphatic hydroxyl groups is 1. The number of fused-ring (bicyclic) bond motifs is 3. The fraction of sp³-hybridized carbons (Fsp3) is 0.250. The van der Waals surface area contributed by atoms with Gasteiger partial charge in [0.05, 0.1) is 26.0 Å². The van der Waals surface area contributed by atoms with Gasteiger partial charge in [-0.15, -0.1) is 0 Å². The van der Waals surface area contributed by atoms with E-state index in [2.05, 4.69) is 19.9 Å². The lowest BCUT2D eigenvalue weighted by molar-refractivity contribution is 0.0688. The molecule has 4 aromatic rings. The Morgan fingerprint density at radius 3 is 2.75 bits per heavy atom. The van der Waals surface area contributed by atoms with Gasteiger partial charge >= 0.3 is 0 Å². The molecular formula is C28H23ClF3N5O3. The number of pyridine rings is 3. The van der Waals surface area contributed by atoms with Crippen molar-refractivity contribution in [2.24, 2.45) is 0 Å². The molecule has 4 aromatic heterocycles. The molecule has 5 rings (SSSR count). The lowest BCUT2D eigenvalue weighted by Crippen LogP contribution is -2.25. The molecule has 0 radical (unpaired) electrons. The summed E-state index contributed by atoms with van der Waals surface area (Å²) in [7, 11) is 0. The molecule has 8 nitrogen and oxygen atoms in total. The summed E-state index contributed by atoms with van der Waals surface area (Å²) in [6.45, 7) is -0.000258. The molecule has 206 valence electrons. The molecular weight excluding hydrogens is 547 g/mol. The summed E-state index contributed by atoms with van der Waals surface area (Å²) in [6.07, 6.45) is 8.20. The molecule has 1 N–H and O–H groups in total. The van der Waals surface area contributed by atoms with Crippen LogP contribution in [0.15, 0.2) is 47.7 Å². The van der Waals surface area contributed by atoms with Gasteiger partial charge in [-0.25, -0.2) is 23.1 Å².